The van der Waals surface area contributed by atoms with Gasteiger partial charge in [0, 0.05) is 12.8 Å². The van der Waals surface area contributed by atoms with Gasteiger partial charge in [0.05, 0.1) is 28.4 Å². The second kappa shape index (κ2) is 6.46. The molecule has 7 heteroatoms. The van der Waals surface area contributed by atoms with E-state index < -0.39 is 0 Å². The first kappa shape index (κ1) is 13.7. The summed E-state index contributed by atoms with van der Waals surface area (Å²) in [5.41, 5.74) is 6.28. The molecule has 0 fully saturated rings. The highest BCUT2D eigenvalue weighted by Gasteiger charge is 2.04. The van der Waals surface area contributed by atoms with E-state index in [0.29, 0.717) is 12.6 Å². The molecule has 2 aromatic rings. The number of anilines is 1. The minimum Gasteiger partial charge on any atom is -0.382 e. The Hall–Kier alpha value is -1.70. The maximum absolute atomic E-state index is 5.46. The molecule has 102 valence electrons. The SMILES string of the molecule is COCC(C)N=C(NN)Nc1ccc2ncsc2c1. The molecule has 1 aromatic carbocycles. The summed E-state index contributed by atoms with van der Waals surface area (Å²) in [5.74, 6) is 5.97. The van der Waals surface area contributed by atoms with Gasteiger partial charge in [-0.1, -0.05) is 0 Å². The van der Waals surface area contributed by atoms with Crippen molar-refractivity contribution in [3.63, 3.8) is 0 Å². The molecule has 19 heavy (non-hydrogen) atoms. The minimum absolute atomic E-state index is 0.0238. The molecule has 0 spiro atoms. The normalized spacial score (nSPS) is 13.5. The fourth-order valence-electron chi connectivity index (χ4n) is 1.67. The summed E-state index contributed by atoms with van der Waals surface area (Å²) in [5, 5.41) is 3.14. The van der Waals surface area contributed by atoms with Crippen LogP contribution in [0.2, 0.25) is 0 Å². The Morgan fingerprint density at radius 3 is 3.16 bits per heavy atom. The number of ether oxygens (including phenoxy) is 1. The lowest BCUT2D eigenvalue weighted by Crippen LogP contribution is -2.37. The van der Waals surface area contributed by atoms with Crippen molar-refractivity contribution in [3.05, 3.63) is 23.7 Å². The van der Waals surface area contributed by atoms with Crippen molar-refractivity contribution in [3.8, 4) is 0 Å². The van der Waals surface area contributed by atoms with Crippen molar-refractivity contribution < 1.29 is 4.74 Å². The van der Waals surface area contributed by atoms with Crippen molar-refractivity contribution in [1.82, 2.24) is 10.4 Å². The van der Waals surface area contributed by atoms with Crippen LogP contribution >= 0.6 is 11.3 Å². The number of rotatable bonds is 4. The first-order chi connectivity index (χ1) is 9.22. The van der Waals surface area contributed by atoms with Gasteiger partial charge in [-0.15, -0.1) is 11.3 Å². The highest BCUT2D eigenvalue weighted by atomic mass is 32.1. The number of fused-ring (bicyclic) bond motifs is 1. The molecule has 1 aromatic heterocycles. The summed E-state index contributed by atoms with van der Waals surface area (Å²) in [7, 11) is 1.65. The monoisotopic (exact) mass is 279 g/mol. The van der Waals surface area contributed by atoms with E-state index in [1.165, 1.54) is 0 Å². The first-order valence-corrected chi connectivity index (χ1v) is 6.74. The Morgan fingerprint density at radius 2 is 2.42 bits per heavy atom. The van der Waals surface area contributed by atoms with Gasteiger partial charge in [-0.2, -0.15) is 0 Å². The van der Waals surface area contributed by atoms with Gasteiger partial charge in [-0.3, -0.25) is 5.43 Å². The van der Waals surface area contributed by atoms with Crippen LogP contribution in [0.4, 0.5) is 5.69 Å². The number of guanidine groups is 1. The Bertz CT molecular complexity index is 568. The van der Waals surface area contributed by atoms with E-state index in [1.54, 1.807) is 18.4 Å². The Kier molecular flexibility index (Phi) is 4.67. The molecule has 0 amide bonds. The topological polar surface area (TPSA) is 84.6 Å². The molecule has 0 aliphatic carbocycles. The highest BCUT2D eigenvalue weighted by molar-refractivity contribution is 7.16. The number of methoxy groups -OCH3 is 1. The van der Waals surface area contributed by atoms with Crippen LogP contribution in [0.25, 0.3) is 10.2 Å². The molecule has 0 bridgehead atoms. The predicted octanol–water partition coefficient (Wildman–Crippen LogP) is 1.56. The van der Waals surface area contributed by atoms with Crippen molar-refractivity contribution in [2.75, 3.05) is 19.0 Å². The number of aromatic nitrogens is 1. The number of thiazole rings is 1. The lowest BCUT2D eigenvalue weighted by Gasteiger charge is -2.12. The third kappa shape index (κ3) is 3.63. The fourth-order valence-corrected chi connectivity index (χ4v) is 2.39. The third-order valence-corrected chi connectivity index (χ3v) is 3.28. The van der Waals surface area contributed by atoms with Crippen LogP contribution in [0.3, 0.4) is 0 Å². The van der Waals surface area contributed by atoms with Gasteiger partial charge in [0.2, 0.25) is 5.96 Å². The van der Waals surface area contributed by atoms with Gasteiger partial charge >= 0.3 is 0 Å². The molecule has 0 aliphatic heterocycles. The molecular weight excluding hydrogens is 262 g/mol. The van der Waals surface area contributed by atoms with Crippen LogP contribution < -0.4 is 16.6 Å². The summed E-state index contributed by atoms with van der Waals surface area (Å²) in [6.07, 6.45) is 0. The maximum atomic E-state index is 5.46. The van der Waals surface area contributed by atoms with Crippen LogP contribution in [-0.4, -0.2) is 30.7 Å². The van der Waals surface area contributed by atoms with Crippen molar-refractivity contribution >= 4 is 33.2 Å². The summed E-state index contributed by atoms with van der Waals surface area (Å²) in [6.45, 7) is 2.50. The Balaban J connectivity index is 2.12. The quantitative estimate of drug-likeness (QED) is 0.342. The van der Waals surface area contributed by atoms with Gasteiger partial charge in [0.1, 0.15) is 0 Å². The molecule has 2 rings (SSSR count). The van der Waals surface area contributed by atoms with Crippen molar-refractivity contribution in [2.45, 2.75) is 13.0 Å². The summed E-state index contributed by atoms with van der Waals surface area (Å²) >= 11 is 1.60. The zero-order valence-electron chi connectivity index (χ0n) is 10.9. The zero-order valence-corrected chi connectivity index (χ0v) is 11.7. The Labute approximate surface area is 115 Å². The van der Waals surface area contributed by atoms with Gasteiger partial charge in [-0.05, 0) is 25.1 Å². The molecule has 0 radical (unpaired) electrons. The van der Waals surface area contributed by atoms with Crippen LogP contribution in [0.15, 0.2) is 28.7 Å². The molecule has 1 atom stereocenters. The van der Waals surface area contributed by atoms with E-state index in [-0.39, 0.29) is 6.04 Å². The fraction of sp³-hybridized carbons (Fsp3) is 0.333. The Morgan fingerprint density at radius 1 is 1.58 bits per heavy atom. The minimum atomic E-state index is 0.0238. The predicted molar refractivity (Wildman–Crippen MR) is 79.3 cm³/mol. The smallest absolute Gasteiger partial charge is 0.210 e. The molecule has 1 heterocycles. The standard InChI is InChI=1S/C12H17N5OS/c1-8(6-18-2)15-12(17-13)16-9-3-4-10-11(5-9)19-7-14-10/h3-5,7-8H,6,13H2,1-2H3,(H2,15,16,17). The second-order valence-corrected chi connectivity index (χ2v) is 4.97. The van der Waals surface area contributed by atoms with Gasteiger partial charge in [-0.25, -0.2) is 15.8 Å². The largest absolute Gasteiger partial charge is 0.382 e. The number of benzene rings is 1. The summed E-state index contributed by atoms with van der Waals surface area (Å²) < 4.78 is 6.15. The van der Waals surface area contributed by atoms with Gasteiger partial charge in [0.15, 0.2) is 0 Å². The molecule has 4 N–H and O–H groups in total. The molecular formula is C12H17N5OS. The molecule has 1 unspecified atom stereocenters. The average molecular weight is 279 g/mol. The van der Waals surface area contributed by atoms with Gasteiger partial charge < -0.3 is 10.1 Å². The number of nitrogens with zero attached hydrogens (tertiary/aromatic N) is 2. The maximum Gasteiger partial charge on any atom is 0.210 e. The number of hydrogen-bond acceptors (Lipinski definition) is 5. The first-order valence-electron chi connectivity index (χ1n) is 5.86. The highest BCUT2D eigenvalue weighted by Crippen LogP contribution is 2.21. The summed E-state index contributed by atoms with van der Waals surface area (Å²) in [6, 6.07) is 5.94. The lowest BCUT2D eigenvalue weighted by atomic mass is 10.3. The molecule has 6 nitrogen and oxygen atoms in total. The van der Waals surface area contributed by atoms with E-state index in [9.17, 15) is 0 Å². The number of hydrogen-bond donors (Lipinski definition) is 3. The zero-order chi connectivity index (χ0) is 13.7. The van der Waals surface area contributed by atoms with Crippen LogP contribution in [0.1, 0.15) is 6.92 Å². The second-order valence-electron chi connectivity index (χ2n) is 4.09. The third-order valence-electron chi connectivity index (χ3n) is 2.49. The molecule has 0 saturated heterocycles. The number of hydrazine groups is 1. The average Bonchev–Trinajstić information content (AvgIpc) is 2.85. The lowest BCUT2D eigenvalue weighted by molar-refractivity contribution is 0.185. The number of nitrogens with one attached hydrogen (secondary N) is 2. The number of nitrogens with two attached hydrogens (primary N) is 1. The van der Waals surface area contributed by atoms with E-state index in [1.807, 2.05) is 30.6 Å². The van der Waals surface area contributed by atoms with E-state index in [4.69, 9.17) is 10.6 Å². The van der Waals surface area contributed by atoms with E-state index in [0.717, 1.165) is 15.9 Å². The van der Waals surface area contributed by atoms with E-state index in [2.05, 4.69) is 20.7 Å². The van der Waals surface area contributed by atoms with E-state index >= 15 is 0 Å². The van der Waals surface area contributed by atoms with Crippen molar-refractivity contribution in [1.29, 1.82) is 0 Å². The summed E-state index contributed by atoms with van der Waals surface area (Å²) in [4.78, 5) is 8.62. The van der Waals surface area contributed by atoms with Crippen LogP contribution in [-0.2, 0) is 4.74 Å². The van der Waals surface area contributed by atoms with Crippen LogP contribution in [0, 0.1) is 0 Å². The van der Waals surface area contributed by atoms with Gasteiger partial charge in [0.25, 0.3) is 0 Å². The molecule has 0 saturated carbocycles. The number of aliphatic imine (C=N–C) groups is 1. The molecule has 0 aliphatic rings. The van der Waals surface area contributed by atoms with Crippen LogP contribution in [0.5, 0.6) is 0 Å². The van der Waals surface area contributed by atoms with Crippen molar-refractivity contribution in [2.24, 2.45) is 10.8 Å².